The molecule has 1 heterocycles. The van der Waals surface area contributed by atoms with E-state index in [1.54, 1.807) is 11.8 Å². The van der Waals surface area contributed by atoms with Crippen LogP contribution in [0, 0.1) is 0 Å². The zero-order valence-corrected chi connectivity index (χ0v) is 9.99. The lowest BCUT2D eigenvalue weighted by Crippen LogP contribution is -2.44. The normalized spacial score (nSPS) is 24.1. The highest BCUT2D eigenvalue weighted by Gasteiger charge is 2.34. The maximum atomic E-state index is 11.8. The summed E-state index contributed by atoms with van der Waals surface area (Å²) < 4.78 is 5.28. The Morgan fingerprint density at radius 3 is 2.60 bits per heavy atom. The average Bonchev–Trinajstić information content (AvgIpc) is 2.47. The van der Waals surface area contributed by atoms with E-state index in [0.29, 0.717) is 6.54 Å². The second-order valence-corrected chi connectivity index (χ2v) is 5.12. The molecule has 1 N–H and O–H groups in total. The molecular weight excluding hydrogens is 194 g/mol. The third-order valence-electron chi connectivity index (χ3n) is 2.48. The van der Waals surface area contributed by atoms with Crippen molar-refractivity contribution >= 4 is 6.09 Å². The van der Waals surface area contributed by atoms with Crippen LogP contribution in [0.25, 0.3) is 0 Å². The summed E-state index contributed by atoms with van der Waals surface area (Å²) >= 11 is 0. The molecule has 1 unspecified atom stereocenters. The van der Waals surface area contributed by atoms with E-state index < -0.39 is 11.7 Å². The first-order chi connectivity index (χ1) is 6.81. The second-order valence-electron chi connectivity index (χ2n) is 5.12. The van der Waals surface area contributed by atoms with Gasteiger partial charge in [0.1, 0.15) is 5.60 Å². The van der Waals surface area contributed by atoms with E-state index in [-0.39, 0.29) is 12.1 Å². The maximum Gasteiger partial charge on any atom is 0.410 e. The highest BCUT2D eigenvalue weighted by atomic mass is 16.6. The van der Waals surface area contributed by atoms with Crippen molar-refractivity contribution in [2.24, 2.45) is 0 Å². The fourth-order valence-corrected chi connectivity index (χ4v) is 1.84. The minimum Gasteiger partial charge on any atom is -0.444 e. The molecule has 0 bridgehead atoms. The Labute approximate surface area is 91.2 Å². The van der Waals surface area contributed by atoms with E-state index in [2.05, 4.69) is 0 Å². The summed E-state index contributed by atoms with van der Waals surface area (Å²) in [6.07, 6.45) is 0.997. The highest BCUT2D eigenvalue weighted by molar-refractivity contribution is 5.69. The molecule has 0 saturated carbocycles. The van der Waals surface area contributed by atoms with Crippen molar-refractivity contribution in [3.8, 4) is 0 Å². The third kappa shape index (κ3) is 3.38. The lowest BCUT2D eigenvalue weighted by atomic mass is 10.1. The van der Waals surface area contributed by atoms with Gasteiger partial charge < -0.3 is 14.7 Å². The van der Waals surface area contributed by atoms with Crippen LogP contribution in [0.3, 0.4) is 0 Å². The Bertz CT molecular complexity index is 232. The lowest BCUT2D eigenvalue weighted by Gasteiger charge is -2.29. The first kappa shape index (κ1) is 12.3. The van der Waals surface area contributed by atoms with Gasteiger partial charge in [0, 0.05) is 6.54 Å². The number of carbonyl (C=O) groups excluding carboxylic acids is 1. The minimum atomic E-state index is -0.486. The molecule has 1 aliphatic heterocycles. The van der Waals surface area contributed by atoms with Gasteiger partial charge in [-0.15, -0.1) is 0 Å². The molecule has 88 valence electrons. The Hall–Kier alpha value is -0.770. The molecule has 0 aromatic carbocycles. The van der Waals surface area contributed by atoms with Gasteiger partial charge in [-0.3, -0.25) is 0 Å². The van der Waals surface area contributed by atoms with Crippen molar-refractivity contribution in [3.63, 3.8) is 0 Å². The molecule has 1 fully saturated rings. The fourth-order valence-electron chi connectivity index (χ4n) is 1.84. The van der Waals surface area contributed by atoms with Gasteiger partial charge >= 0.3 is 6.09 Å². The predicted octanol–water partition coefficient (Wildman–Crippen LogP) is 1.77. The molecule has 15 heavy (non-hydrogen) atoms. The van der Waals surface area contributed by atoms with E-state index in [4.69, 9.17) is 4.74 Å². The summed E-state index contributed by atoms with van der Waals surface area (Å²) in [6, 6.07) is -0.0835. The van der Waals surface area contributed by atoms with Gasteiger partial charge in [0.15, 0.2) is 0 Å². The van der Waals surface area contributed by atoms with Gasteiger partial charge in [0.2, 0.25) is 0 Å². The summed E-state index contributed by atoms with van der Waals surface area (Å²) in [4.78, 5) is 13.4. The Morgan fingerprint density at radius 2 is 2.13 bits per heavy atom. The Kier molecular flexibility index (Phi) is 3.60. The summed E-state index contributed by atoms with van der Waals surface area (Å²) in [5, 5.41) is 9.52. The molecule has 1 aliphatic rings. The molecule has 1 saturated heterocycles. The number of ether oxygens (including phenoxy) is 1. The number of amides is 1. The smallest absolute Gasteiger partial charge is 0.410 e. The second kappa shape index (κ2) is 4.39. The summed E-state index contributed by atoms with van der Waals surface area (Å²) in [7, 11) is 0. The van der Waals surface area contributed by atoms with Crippen LogP contribution in [0.4, 0.5) is 4.79 Å². The molecule has 1 amide bonds. The van der Waals surface area contributed by atoms with Crippen LogP contribution in [0.1, 0.15) is 40.5 Å². The summed E-state index contributed by atoms with van der Waals surface area (Å²) in [6.45, 7) is 7.94. The van der Waals surface area contributed by atoms with Crippen LogP contribution in [-0.2, 0) is 4.74 Å². The number of aliphatic hydroxyl groups excluding tert-OH is 1. The van der Waals surface area contributed by atoms with Crippen molar-refractivity contribution in [2.45, 2.75) is 58.3 Å². The monoisotopic (exact) mass is 215 g/mol. The van der Waals surface area contributed by atoms with Crippen LogP contribution in [0.2, 0.25) is 0 Å². The van der Waals surface area contributed by atoms with Crippen LogP contribution in [-0.4, -0.2) is 40.4 Å². The average molecular weight is 215 g/mol. The first-order valence-corrected chi connectivity index (χ1v) is 5.49. The van der Waals surface area contributed by atoms with Gasteiger partial charge in [0.25, 0.3) is 0 Å². The SMILES string of the molecule is CC(O)[C@@H]1CCCN1C(=O)OC(C)(C)C. The number of nitrogens with zero attached hydrogens (tertiary/aromatic N) is 1. The molecule has 0 aromatic heterocycles. The van der Waals surface area contributed by atoms with Gasteiger partial charge in [-0.25, -0.2) is 4.79 Å². The molecule has 2 atom stereocenters. The van der Waals surface area contributed by atoms with E-state index in [0.717, 1.165) is 12.8 Å². The van der Waals surface area contributed by atoms with Gasteiger partial charge in [-0.2, -0.15) is 0 Å². The minimum absolute atomic E-state index is 0.0835. The van der Waals surface area contributed by atoms with Crippen LogP contribution in [0.15, 0.2) is 0 Å². The molecule has 0 aliphatic carbocycles. The number of aliphatic hydroxyl groups is 1. The van der Waals surface area contributed by atoms with E-state index in [9.17, 15) is 9.90 Å². The molecule has 1 rings (SSSR count). The predicted molar refractivity (Wildman–Crippen MR) is 57.6 cm³/mol. The van der Waals surface area contributed by atoms with Crippen molar-refractivity contribution < 1.29 is 14.6 Å². The third-order valence-corrected chi connectivity index (χ3v) is 2.48. The van der Waals surface area contributed by atoms with Gasteiger partial charge in [-0.05, 0) is 40.5 Å². The number of carbonyl (C=O) groups is 1. The van der Waals surface area contributed by atoms with Crippen LogP contribution < -0.4 is 0 Å². The quantitative estimate of drug-likeness (QED) is 0.725. The van der Waals surface area contributed by atoms with Crippen molar-refractivity contribution in [3.05, 3.63) is 0 Å². The van der Waals surface area contributed by atoms with E-state index in [1.807, 2.05) is 20.8 Å². The van der Waals surface area contributed by atoms with E-state index in [1.165, 1.54) is 0 Å². The van der Waals surface area contributed by atoms with Gasteiger partial charge in [0.05, 0.1) is 12.1 Å². The van der Waals surface area contributed by atoms with E-state index >= 15 is 0 Å². The molecule has 0 spiro atoms. The van der Waals surface area contributed by atoms with Crippen LogP contribution in [0.5, 0.6) is 0 Å². The van der Waals surface area contributed by atoms with Gasteiger partial charge in [-0.1, -0.05) is 0 Å². The Morgan fingerprint density at radius 1 is 1.53 bits per heavy atom. The maximum absolute atomic E-state index is 11.8. The molecule has 0 aromatic rings. The zero-order chi connectivity index (χ0) is 11.6. The van der Waals surface area contributed by atoms with Crippen molar-refractivity contribution in [1.29, 1.82) is 0 Å². The number of rotatable bonds is 1. The molecular formula is C11H21NO3. The standard InChI is InChI=1S/C11H21NO3/c1-8(13)9-6-5-7-12(9)10(14)15-11(2,3)4/h8-9,13H,5-7H2,1-4H3/t8?,9-/m0/s1. The topological polar surface area (TPSA) is 49.8 Å². The van der Waals surface area contributed by atoms with Crippen LogP contribution >= 0.6 is 0 Å². The first-order valence-electron chi connectivity index (χ1n) is 5.49. The van der Waals surface area contributed by atoms with Crippen molar-refractivity contribution in [2.75, 3.05) is 6.54 Å². The number of likely N-dealkylation sites (tertiary alicyclic amines) is 1. The molecule has 0 radical (unpaired) electrons. The zero-order valence-electron chi connectivity index (χ0n) is 9.99. The Balaban J connectivity index is 2.59. The summed E-state index contributed by atoms with van der Waals surface area (Å²) in [5.41, 5.74) is -0.469. The number of hydrogen-bond acceptors (Lipinski definition) is 3. The molecule has 4 heteroatoms. The summed E-state index contributed by atoms with van der Waals surface area (Å²) in [5.74, 6) is 0. The highest BCUT2D eigenvalue weighted by Crippen LogP contribution is 2.22. The number of hydrogen-bond donors (Lipinski definition) is 1. The largest absolute Gasteiger partial charge is 0.444 e. The molecule has 4 nitrogen and oxygen atoms in total. The lowest BCUT2D eigenvalue weighted by molar-refractivity contribution is 0.00801. The fraction of sp³-hybridized carbons (Fsp3) is 0.909. The van der Waals surface area contributed by atoms with Crippen molar-refractivity contribution in [1.82, 2.24) is 4.90 Å².